The molecule has 4 nitrogen and oxygen atoms in total. The third-order valence-electron chi connectivity index (χ3n) is 2.57. The van der Waals surface area contributed by atoms with Crippen molar-refractivity contribution in [2.24, 2.45) is 0 Å². The second kappa shape index (κ2) is 3.85. The lowest BCUT2D eigenvalue weighted by molar-refractivity contribution is 1.11. The molecule has 0 aliphatic rings. The van der Waals surface area contributed by atoms with Crippen LogP contribution in [0.5, 0.6) is 0 Å². The van der Waals surface area contributed by atoms with Gasteiger partial charge in [0.25, 0.3) is 0 Å². The molecule has 3 aromatic rings. The van der Waals surface area contributed by atoms with Gasteiger partial charge in [-0.15, -0.1) is 0 Å². The fraction of sp³-hybridized carbons (Fsp3) is 0. The molecule has 0 saturated carbocycles. The van der Waals surface area contributed by atoms with E-state index >= 15 is 0 Å². The fourth-order valence-corrected chi connectivity index (χ4v) is 2.08. The number of aromatic nitrogens is 3. The first-order chi connectivity index (χ1) is 8.25. The highest BCUT2D eigenvalue weighted by atomic mass is 79.9. The number of nitrogens with two attached hydrogens (primary N) is 1. The molecule has 0 radical (unpaired) electrons. The second-order valence-corrected chi connectivity index (χ2v) is 4.56. The molecule has 0 amide bonds. The van der Waals surface area contributed by atoms with Gasteiger partial charge in [-0.1, -0.05) is 15.9 Å². The quantitative estimate of drug-likeness (QED) is 0.749. The first kappa shape index (κ1) is 10.3. The number of nitrogen functional groups attached to an aromatic ring is 1. The number of nitrogens with zero attached hydrogens (tertiary/aromatic N) is 3. The number of hydrogen-bond donors (Lipinski definition) is 1. The Labute approximate surface area is 106 Å². The van der Waals surface area contributed by atoms with Crippen molar-refractivity contribution in [1.29, 1.82) is 0 Å². The Morgan fingerprint density at radius 1 is 1.12 bits per heavy atom. The molecule has 0 fully saturated rings. The molecular formula is C12H9BrN4. The Morgan fingerprint density at radius 3 is 2.65 bits per heavy atom. The largest absolute Gasteiger partial charge is 0.369 e. The van der Waals surface area contributed by atoms with Crippen LogP contribution in [0.3, 0.4) is 0 Å². The summed E-state index contributed by atoms with van der Waals surface area (Å²) in [7, 11) is 0. The summed E-state index contributed by atoms with van der Waals surface area (Å²) >= 11 is 3.41. The van der Waals surface area contributed by atoms with E-state index in [4.69, 9.17) is 5.73 Å². The molecule has 84 valence electrons. The molecule has 1 aromatic carbocycles. The van der Waals surface area contributed by atoms with Gasteiger partial charge < -0.3 is 5.73 Å². The van der Waals surface area contributed by atoms with Crippen molar-refractivity contribution in [3.63, 3.8) is 0 Å². The third kappa shape index (κ3) is 1.68. The Balaban J connectivity index is 2.29. The van der Waals surface area contributed by atoms with Crippen LogP contribution in [0.4, 0.5) is 5.95 Å². The number of fused-ring (bicyclic) bond motifs is 1. The zero-order valence-corrected chi connectivity index (χ0v) is 10.4. The van der Waals surface area contributed by atoms with Gasteiger partial charge in [-0.3, -0.25) is 9.55 Å². The molecule has 2 aromatic heterocycles. The summed E-state index contributed by atoms with van der Waals surface area (Å²) in [5.41, 5.74) is 8.68. The maximum Gasteiger partial charge on any atom is 0.205 e. The lowest BCUT2D eigenvalue weighted by Crippen LogP contribution is -2.00. The van der Waals surface area contributed by atoms with Crippen LogP contribution in [0, 0.1) is 0 Å². The highest BCUT2D eigenvalue weighted by Gasteiger charge is 2.09. The zero-order valence-electron chi connectivity index (χ0n) is 8.84. The van der Waals surface area contributed by atoms with Gasteiger partial charge in [0.15, 0.2) is 0 Å². The van der Waals surface area contributed by atoms with Crippen molar-refractivity contribution < 1.29 is 0 Å². The van der Waals surface area contributed by atoms with Gasteiger partial charge in [0, 0.05) is 16.4 Å². The lowest BCUT2D eigenvalue weighted by Gasteiger charge is -2.06. The topological polar surface area (TPSA) is 56.7 Å². The van der Waals surface area contributed by atoms with Crippen molar-refractivity contribution in [3.05, 3.63) is 47.2 Å². The van der Waals surface area contributed by atoms with Crippen molar-refractivity contribution in [2.75, 3.05) is 5.73 Å². The van der Waals surface area contributed by atoms with Crippen LogP contribution in [0.25, 0.3) is 16.7 Å². The zero-order chi connectivity index (χ0) is 11.8. The van der Waals surface area contributed by atoms with Crippen LogP contribution in [0.2, 0.25) is 0 Å². The van der Waals surface area contributed by atoms with Gasteiger partial charge >= 0.3 is 0 Å². The Bertz CT molecular complexity index is 673. The van der Waals surface area contributed by atoms with Crippen molar-refractivity contribution in [1.82, 2.24) is 14.5 Å². The second-order valence-electron chi connectivity index (χ2n) is 3.65. The number of halogens is 1. The highest BCUT2D eigenvalue weighted by Crippen LogP contribution is 2.23. The van der Waals surface area contributed by atoms with Crippen LogP contribution in [0.1, 0.15) is 0 Å². The molecule has 2 heterocycles. The van der Waals surface area contributed by atoms with Gasteiger partial charge in [0.2, 0.25) is 5.95 Å². The number of imidazole rings is 1. The van der Waals surface area contributed by atoms with E-state index in [1.807, 2.05) is 34.9 Å². The molecule has 0 atom stereocenters. The summed E-state index contributed by atoms with van der Waals surface area (Å²) in [6.07, 6.45) is 3.44. The Morgan fingerprint density at radius 2 is 1.88 bits per heavy atom. The number of rotatable bonds is 1. The van der Waals surface area contributed by atoms with Crippen LogP contribution < -0.4 is 5.73 Å². The minimum Gasteiger partial charge on any atom is -0.369 e. The number of anilines is 1. The summed E-state index contributed by atoms with van der Waals surface area (Å²) < 4.78 is 2.94. The van der Waals surface area contributed by atoms with Crippen LogP contribution >= 0.6 is 15.9 Å². The highest BCUT2D eigenvalue weighted by molar-refractivity contribution is 9.10. The average molecular weight is 289 g/mol. The summed E-state index contributed by atoms with van der Waals surface area (Å²) in [6.45, 7) is 0. The van der Waals surface area contributed by atoms with E-state index in [1.54, 1.807) is 12.4 Å². The van der Waals surface area contributed by atoms with Crippen LogP contribution in [0.15, 0.2) is 47.2 Å². The molecule has 0 saturated heterocycles. The third-order valence-corrected chi connectivity index (χ3v) is 3.10. The van der Waals surface area contributed by atoms with Crippen LogP contribution in [-0.4, -0.2) is 14.5 Å². The van der Waals surface area contributed by atoms with Gasteiger partial charge in [0.05, 0.1) is 11.7 Å². The summed E-state index contributed by atoms with van der Waals surface area (Å²) in [6, 6.07) is 9.83. The first-order valence-electron chi connectivity index (χ1n) is 5.09. The summed E-state index contributed by atoms with van der Waals surface area (Å²) in [5, 5.41) is 0. The summed E-state index contributed by atoms with van der Waals surface area (Å²) in [5.74, 6) is 0.468. The van der Waals surface area contributed by atoms with Gasteiger partial charge in [-0.25, -0.2) is 4.98 Å². The molecule has 17 heavy (non-hydrogen) atoms. The molecule has 0 aliphatic carbocycles. The Hall–Kier alpha value is -1.88. The van der Waals surface area contributed by atoms with Crippen molar-refractivity contribution in [2.45, 2.75) is 0 Å². The molecule has 0 aliphatic heterocycles. The van der Waals surface area contributed by atoms with E-state index in [-0.39, 0.29) is 0 Å². The predicted octanol–water partition coefficient (Wildman–Crippen LogP) is 2.77. The van der Waals surface area contributed by atoms with E-state index in [0.717, 1.165) is 21.2 Å². The van der Waals surface area contributed by atoms with Crippen molar-refractivity contribution in [3.8, 4) is 5.69 Å². The minimum atomic E-state index is 0.468. The molecule has 3 rings (SSSR count). The van der Waals surface area contributed by atoms with Crippen LogP contribution in [-0.2, 0) is 0 Å². The number of benzene rings is 1. The summed E-state index contributed by atoms with van der Waals surface area (Å²) in [4.78, 5) is 8.31. The average Bonchev–Trinajstić information content (AvgIpc) is 2.66. The first-order valence-corrected chi connectivity index (χ1v) is 5.89. The number of hydrogen-bond acceptors (Lipinski definition) is 3. The smallest absolute Gasteiger partial charge is 0.205 e. The van der Waals surface area contributed by atoms with Gasteiger partial charge in [-0.2, -0.15) is 0 Å². The molecule has 0 bridgehead atoms. The van der Waals surface area contributed by atoms with E-state index < -0.39 is 0 Å². The SMILES string of the molecule is Nc1nc2cnccc2n1-c1ccc(Br)cc1. The predicted molar refractivity (Wildman–Crippen MR) is 71.0 cm³/mol. The van der Waals surface area contributed by atoms with Crippen molar-refractivity contribution >= 4 is 32.9 Å². The van der Waals surface area contributed by atoms with E-state index in [2.05, 4.69) is 25.9 Å². The molecule has 5 heteroatoms. The normalized spacial score (nSPS) is 10.9. The maximum absolute atomic E-state index is 5.94. The monoisotopic (exact) mass is 288 g/mol. The number of pyridine rings is 1. The molecule has 0 unspecified atom stereocenters. The van der Waals surface area contributed by atoms with Gasteiger partial charge in [-0.05, 0) is 30.3 Å². The fourth-order valence-electron chi connectivity index (χ4n) is 1.81. The molecule has 0 spiro atoms. The van der Waals surface area contributed by atoms with E-state index in [0.29, 0.717) is 5.95 Å². The van der Waals surface area contributed by atoms with E-state index in [9.17, 15) is 0 Å². The van der Waals surface area contributed by atoms with Gasteiger partial charge in [0.1, 0.15) is 5.52 Å². The maximum atomic E-state index is 5.94. The lowest BCUT2D eigenvalue weighted by atomic mass is 10.3. The van der Waals surface area contributed by atoms with E-state index in [1.165, 1.54) is 0 Å². The minimum absolute atomic E-state index is 0.468. The molecular weight excluding hydrogens is 280 g/mol. The Kier molecular flexibility index (Phi) is 2.33. The standard InChI is InChI=1S/C12H9BrN4/c13-8-1-3-9(4-2-8)17-11-5-6-15-7-10(11)16-12(17)14/h1-7H,(H2,14,16). The molecule has 2 N–H and O–H groups in total.